The largest absolute Gasteiger partial charge is 0.390 e. The zero-order valence-corrected chi connectivity index (χ0v) is 14.7. The molecule has 2 rings (SSSR count). The minimum atomic E-state index is -0.395. The SMILES string of the molecule is Cc1cc(Br)c(NCC(O)CN2CCOCC2)c(Br)c1. The fourth-order valence-electron chi connectivity index (χ4n) is 2.23. The van der Waals surface area contributed by atoms with Crippen molar-refractivity contribution in [1.82, 2.24) is 4.90 Å². The van der Waals surface area contributed by atoms with E-state index in [4.69, 9.17) is 4.74 Å². The first-order valence-electron chi connectivity index (χ1n) is 6.74. The van der Waals surface area contributed by atoms with Gasteiger partial charge in [0.25, 0.3) is 0 Å². The first kappa shape index (κ1) is 16.2. The molecule has 0 amide bonds. The standard InChI is InChI=1S/C14H20Br2N2O2/c1-10-6-12(15)14(13(16)7-10)17-8-11(19)9-18-2-4-20-5-3-18/h6-7,11,17,19H,2-5,8-9H2,1H3. The molecule has 0 bridgehead atoms. The Hall–Kier alpha value is -0.140. The molecule has 0 radical (unpaired) electrons. The third-order valence-corrected chi connectivity index (χ3v) is 4.52. The van der Waals surface area contributed by atoms with E-state index in [0.717, 1.165) is 40.9 Å². The van der Waals surface area contributed by atoms with Crippen LogP contribution in [-0.2, 0) is 4.74 Å². The number of β-amino-alcohol motifs (C(OH)–C–C–N with tert-alkyl or cyclic N) is 1. The monoisotopic (exact) mass is 406 g/mol. The molecule has 1 saturated heterocycles. The van der Waals surface area contributed by atoms with Crippen molar-refractivity contribution in [3.8, 4) is 0 Å². The van der Waals surface area contributed by atoms with E-state index in [1.807, 2.05) is 6.92 Å². The molecule has 1 aliphatic rings. The fourth-order valence-corrected chi connectivity index (χ4v) is 3.93. The van der Waals surface area contributed by atoms with Gasteiger partial charge in [0.2, 0.25) is 0 Å². The van der Waals surface area contributed by atoms with Crippen molar-refractivity contribution in [3.05, 3.63) is 26.6 Å². The summed E-state index contributed by atoms with van der Waals surface area (Å²) >= 11 is 7.09. The summed E-state index contributed by atoms with van der Waals surface area (Å²) < 4.78 is 7.31. The molecule has 20 heavy (non-hydrogen) atoms. The molecule has 2 N–H and O–H groups in total. The molecule has 0 saturated carbocycles. The van der Waals surface area contributed by atoms with Crippen LogP contribution in [0.25, 0.3) is 0 Å². The molecule has 1 heterocycles. The third-order valence-electron chi connectivity index (χ3n) is 3.27. The molecule has 1 atom stereocenters. The van der Waals surface area contributed by atoms with Crippen LogP contribution in [0, 0.1) is 6.92 Å². The zero-order valence-electron chi connectivity index (χ0n) is 11.5. The predicted molar refractivity (Wildman–Crippen MR) is 88.3 cm³/mol. The van der Waals surface area contributed by atoms with Gasteiger partial charge in [-0.25, -0.2) is 0 Å². The molecule has 6 heteroatoms. The lowest BCUT2D eigenvalue weighted by molar-refractivity contribution is 0.0171. The number of nitrogens with one attached hydrogen (secondary N) is 1. The minimum Gasteiger partial charge on any atom is -0.390 e. The second-order valence-corrected chi connectivity index (χ2v) is 6.76. The van der Waals surface area contributed by atoms with Gasteiger partial charge in [-0.3, -0.25) is 4.90 Å². The van der Waals surface area contributed by atoms with Crippen LogP contribution >= 0.6 is 31.9 Å². The van der Waals surface area contributed by atoms with Crippen LogP contribution in [0.4, 0.5) is 5.69 Å². The number of hydrogen-bond acceptors (Lipinski definition) is 4. The van der Waals surface area contributed by atoms with Gasteiger partial charge in [-0.15, -0.1) is 0 Å². The molecule has 1 aromatic carbocycles. The number of aliphatic hydroxyl groups is 1. The average molecular weight is 408 g/mol. The van der Waals surface area contributed by atoms with E-state index < -0.39 is 6.10 Å². The highest BCUT2D eigenvalue weighted by atomic mass is 79.9. The molecular weight excluding hydrogens is 388 g/mol. The Balaban J connectivity index is 1.85. The lowest BCUT2D eigenvalue weighted by Gasteiger charge is -2.28. The summed E-state index contributed by atoms with van der Waals surface area (Å²) in [6.45, 7) is 6.57. The lowest BCUT2D eigenvalue weighted by atomic mass is 10.2. The van der Waals surface area contributed by atoms with E-state index in [2.05, 4.69) is 54.2 Å². The van der Waals surface area contributed by atoms with E-state index in [0.29, 0.717) is 13.1 Å². The van der Waals surface area contributed by atoms with Crippen molar-refractivity contribution in [1.29, 1.82) is 0 Å². The normalized spacial score (nSPS) is 18.0. The summed E-state index contributed by atoms with van der Waals surface area (Å²) in [5.74, 6) is 0. The third kappa shape index (κ3) is 4.70. The number of benzene rings is 1. The Morgan fingerprint density at radius 1 is 1.30 bits per heavy atom. The zero-order chi connectivity index (χ0) is 14.5. The quantitative estimate of drug-likeness (QED) is 0.787. The van der Waals surface area contributed by atoms with Crippen LogP contribution in [0.1, 0.15) is 5.56 Å². The topological polar surface area (TPSA) is 44.7 Å². The summed E-state index contributed by atoms with van der Waals surface area (Å²) in [7, 11) is 0. The van der Waals surface area contributed by atoms with Gasteiger partial charge in [-0.05, 0) is 56.5 Å². The van der Waals surface area contributed by atoms with E-state index in [-0.39, 0.29) is 0 Å². The number of anilines is 1. The van der Waals surface area contributed by atoms with Crippen LogP contribution in [0.2, 0.25) is 0 Å². The maximum absolute atomic E-state index is 10.1. The van der Waals surface area contributed by atoms with E-state index in [1.165, 1.54) is 5.56 Å². The van der Waals surface area contributed by atoms with Crippen molar-refractivity contribution in [3.63, 3.8) is 0 Å². The number of aryl methyl sites for hydroxylation is 1. The van der Waals surface area contributed by atoms with E-state index >= 15 is 0 Å². The minimum absolute atomic E-state index is 0.395. The Labute approximate surface area is 136 Å². The van der Waals surface area contributed by atoms with Crippen LogP contribution in [-0.4, -0.2) is 55.5 Å². The second kappa shape index (κ2) is 7.75. The molecule has 1 unspecified atom stereocenters. The van der Waals surface area contributed by atoms with Gasteiger partial charge in [-0.1, -0.05) is 0 Å². The molecule has 0 spiro atoms. The summed E-state index contributed by atoms with van der Waals surface area (Å²) in [6.07, 6.45) is -0.395. The lowest BCUT2D eigenvalue weighted by Crippen LogP contribution is -2.42. The number of hydrogen-bond donors (Lipinski definition) is 2. The molecule has 1 aliphatic heterocycles. The van der Waals surface area contributed by atoms with Crippen LogP contribution in [0.3, 0.4) is 0 Å². The van der Waals surface area contributed by atoms with Gasteiger partial charge < -0.3 is 15.2 Å². The molecule has 1 aromatic rings. The second-order valence-electron chi connectivity index (χ2n) is 5.05. The Morgan fingerprint density at radius 2 is 1.90 bits per heavy atom. The van der Waals surface area contributed by atoms with Crippen molar-refractivity contribution >= 4 is 37.5 Å². The molecule has 4 nitrogen and oxygen atoms in total. The highest BCUT2D eigenvalue weighted by Crippen LogP contribution is 2.32. The van der Waals surface area contributed by atoms with Gasteiger partial charge in [-0.2, -0.15) is 0 Å². The molecular formula is C14H20Br2N2O2. The predicted octanol–water partition coefficient (Wildman–Crippen LogP) is 2.63. The summed E-state index contributed by atoms with van der Waals surface area (Å²) in [4.78, 5) is 2.23. The highest BCUT2D eigenvalue weighted by molar-refractivity contribution is 9.11. The van der Waals surface area contributed by atoms with E-state index in [1.54, 1.807) is 0 Å². The van der Waals surface area contributed by atoms with E-state index in [9.17, 15) is 5.11 Å². The molecule has 1 fully saturated rings. The number of aliphatic hydroxyl groups excluding tert-OH is 1. The molecule has 112 valence electrons. The van der Waals surface area contributed by atoms with Gasteiger partial charge in [0, 0.05) is 35.1 Å². The van der Waals surface area contributed by atoms with Gasteiger partial charge in [0.05, 0.1) is 25.0 Å². The van der Waals surface area contributed by atoms with Gasteiger partial charge >= 0.3 is 0 Å². The number of nitrogens with zero attached hydrogens (tertiary/aromatic N) is 1. The summed E-state index contributed by atoms with van der Waals surface area (Å²) in [5.41, 5.74) is 2.17. The number of halogens is 2. The van der Waals surface area contributed by atoms with Gasteiger partial charge in [0.15, 0.2) is 0 Å². The highest BCUT2D eigenvalue weighted by Gasteiger charge is 2.15. The first-order chi connectivity index (χ1) is 9.56. The van der Waals surface area contributed by atoms with Crippen molar-refractivity contribution in [2.75, 3.05) is 44.7 Å². The molecule has 0 aromatic heterocycles. The van der Waals surface area contributed by atoms with Gasteiger partial charge in [0.1, 0.15) is 0 Å². The van der Waals surface area contributed by atoms with Crippen molar-refractivity contribution in [2.24, 2.45) is 0 Å². The maximum Gasteiger partial charge on any atom is 0.0839 e. The number of rotatable bonds is 5. The number of morpholine rings is 1. The Morgan fingerprint density at radius 3 is 2.50 bits per heavy atom. The summed E-state index contributed by atoms with van der Waals surface area (Å²) in [6, 6.07) is 4.11. The van der Waals surface area contributed by atoms with Crippen molar-refractivity contribution in [2.45, 2.75) is 13.0 Å². The summed E-state index contributed by atoms with van der Waals surface area (Å²) in [5, 5.41) is 13.4. The van der Waals surface area contributed by atoms with Crippen LogP contribution in [0.15, 0.2) is 21.1 Å². The molecule has 0 aliphatic carbocycles. The Kier molecular flexibility index (Phi) is 6.29. The number of ether oxygens (including phenoxy) is 1. The Bertz CT molecular complexity index is 428. The van der Waals surface area contributed by atoms with Crippen molar-refractivity contribution < 1.29 is 9.84 Å². The van der Waals surface area contributed by atoms with Crippen LogP contribution in [0.5, 0.6) is 0 Å². The maximum atomic E-state index is 10.1. The average Bonchev–Trinajstić information content (AvgIpc) is 2.38. The van der Waals surface area contributed by atoms with Crippen LogP contribution < -0.4 is 5.32 Å². The fraction of sp³-hybridized carbons (Fsp3) is 0.571. The smallest absolute Gasteiger partial charge is 0.0839 e. The first-order valence-corrected chi connectivity index (χ1v) is 8.32.